The number of ether oxygens (including phenoxy) is 6. The molecule has 0 aliphatic carbocycles. The summed E-state index contributed by atoms with van der Waals surface area (Å²) < 4.78 is 35.5. The minimum atomic E-state index is -3.04. The van der Waals surface area contributed by atoms with Crippen molar-refractivity contribution in [2.45, 2.75) is 49.0 Å². The summed E-state index contributed by atoms with van der Waals surface area (Å²) >= 11 is 0. The molecule has 456 valence electrons. The zero-order valence-electron chi connectivity index (χ0n) is 43.5. The van der Waals surface area contributed by atoms with Crippen molar-refractivity contribution in [3.63, 3.8) is 0 Å². The van der Waals surface area contributed by atoms with Crippen LogP contribution in [0.1, 0.15) is 86.1 Å². The molecule has 0 aromatic heterocycles. The van der Waals surface area contributed by atoms with Crippen LogP contribution in [0.3, 0.4) is 0 Å². The molecule has 2 bridgehead atoms. The molecule has 4 heterocycles. The van der Waals surface area contributed by atoms with Gasteiger partial charge in [-0.3, -0.25) is 0 Å². The van der Waals surface area contributed by atoms with E-state index in [0.29, 0.717) is 30.3 Å². The number of phenols is 20. The van der Waals surface area contributed by atoms with Crippen molar-refractivity contribution in [1.29, 1.82) is 0 Å². The molecule has 0 amide bonds. The Bertz CT molecular complexity index is 4250. The number of hydrogen-bond acceptors (Lipinski definition) is 32. The number of aliphatic hydroxyl groups is 1. The van der Waals surface area contributed by atoms with Crippen LogP contribution in [0.25, 0.3) is 22.3 Å². The van der Waals surface area contributed by atoms with E-state index in [2.05, 4.69) is 0 Å². The van der Waals surface area contributed by atoms with Crippen LogP contribution >= 0.6 is 0 Å². The van der Waals surface area contributed by atoms with Crippen molar-refractivity contribution in [2.75, 3.05) is 6.61 Å². The lowest BCUT2D eigenvalue weighted by atomic mass is 9.73. The Morgan fingerprint density at radius 3 is 1.36 bits per heavy atom. The van der Waals surface area contributed by atoms with Crippen molar-refractivity contribution in [3.05, 3.63) is 98.6 Å². The van der Waals surface area contributed by atoms with E-state index in [-0.39, 0.29) is 11.6 Å². The largest absolute Gasteiger partial charge is 0.507 e. The molecule has 21 N–H and O–H groups in total. The highest BCUT2D eigenvalue weighted by molar-refractivity contribution is 6.11. The smallest absolute Gasteiger partial charge is 0.339 e. The average molecular weight is 1220 g/mol. The lowest BCUT2D eigenvalue weighted by Crippen LogP contribution is -2.56. The molecule has 0 saturated heterocycles. The number of phenolic OH excluding ortho intramolecular Hbond substituents is 20. The quantitative estimate of drug-likeness (QED) is 0.0669. The molecule has 7 atom stereocenters. The molecule has 11 rings (SSSR count). The van der Waals surface area contributed by atoms with Gasteiger partial charge in [-0.25, -0.2) is 24.0 Å². The Morgan fingerprint density at radius 2 is 0.841 bits per heavy atom. The van der Waals surface area contributed by atoms with Crippen LogP contribution in [0.15, 0.2) is 48.5 Å². The number of hydrogen-bond donors (Lipinski definition) is 21. The number of fused-ring (bicyclic) bond motifs is 8. The minimum absolute atomic E-state index is 0.280. The number of rotatable bonds is 5. The van der Waals surface area contributed by atoms with Gasteiger partial charge in [0, 0.05) is 57.0 Å². The molecule has 0 unspecified atom stereocenters. The summed E-state index contributed by atoms with van der Waals surface area (Å²) in [5.74, 6) is -40.2. The van der Waals surface area contributed by atoms with Crippen LogP contribution in [0, 0.1) is 0 Å². The number of aliphatic hydroxyl groups excluding tert-OH is 1. The molecule has 4 aliphatic heterocycles. The van der Waals surface area contributed by atoms with E-state index in [1.165, 1.54) is 0 Å². The molecule has 0 radical (unpaired) electrons. The normalized spacial score (nSPS) is 20.3. The predicted molar refractivity (Wildman–Crippen MR) is 278 cm³/mol. The van der Waals surface area contributed by atoms with E-state index >= 15 is 14.4 Å². The SMILES string of the molecule is O=C(O[C@H]1COC(=O)c2cc(O)c(O)c(O)c2-c2c(cc(O)c(O)c2O)C(=O)O[C@H]1[C@@H]1OC(=O)c2cc(O)c(O)c(O)c2-c2c(O)c(O)c(O)c3c2C(=O)O[C@H]1[C@H]3c1c(O)cc(O)c2c1O[C@@H](c1cc(O)c(O)c(O)c1)[C@@H](O)C2)c1cc(O)c(O)c(O)c1. The average Bonchev–Trinajstić information content (AvgIpc) is 0.746. The van der Waals surface area contributed by atoms with E-state index in [1.54, 1.807) is 0 Å². The van der Waals surface area contributed by atoms with Gasteiger partial charge in [0.05, 0.1) is 39.8 Å². The van der Waals surface area contributed by atoms with Crippen LogP contribution in [0.4, 0.5) is 0 Å². The molecular formula is C56H40O32. The van der Waals surface area contributed by atoms with Crippen LogP contribution in [-0.2, 0) is 30.1 Å². The van der Waals surface area contributed by atoms with Crippen LogP contribution in [-0.4, -0.2) is 174 Å². The Hall–Kier alpha value is -12.4. The van der Waals surface area contributed by atoms with Crippen molar-refractivity contribution < 1.29 is 160 Å². The minimum Gasteiger partial charge on any atom is -0.507 e. The Labute approximate surface area is 485 Å². The summed E-state index contributed by atoms with van der Waals surface area (Å²) in [7, 11) is 0. The third kappa shape index (κ3) is 8.60. The molecular weight excluding hydrogens is 1180 g/mol. The molecule has 88 heavy (non-hydrogen) atoms. The van der Waals surface area contributed by atoms with Gasteiger partial charge in [-0.2, -0.15) is 0 Å². The third-order valence-electron chi connectivity index (χ3n) is 15.0. The number of carbonyl (C=O) groups excluding carboxylic acids is 5. The third-order valence-corrected chi connectivity index (χ3v) is 15.0. The lowest BCUT2D eigenvalue weighted by molar-refractivity contribution is -0.135. The molecule has 0 fully saturated rings. The second kappa shape index (κ2) is 20.2. The fourth-order valence-electron chi connectivity index (χ4n) is 11.0. The van der Waals surface area contributed by atoms with Gasteiger partial charge in [0.2, 0.25) is 23.0 Å². The van der Waals surface area contributed by atoms with Gasteiger partial charge in [0.1, 0.15) is 23.9 Å². The Kier molecular flexibility index (Phi) is 13.2. The zero-order chi connectivity index (χ0) is 63.9. The first-order chi connectivity index (χ1) is 41.4. The van der Waals surface area contributed by atoms with Crippen molar-refractivity contribution in [2.24, 2.45) is 0 Å². The maximum absolute atomic E-state index is 15.3. The first-order valence-electron chi connectivity index (χ1n) is 25.0. The highest BCUT2D eigenvalue weighted by Crippen LogP contribution is 2.62. The monoisotopic (exact) mass is 1220 g/mol. The number of benzene rings is 7. The molecule has 32 heteroatoms. The van der Waals surface area contributed by atoms with E-state index in [0.717, 1.165) is 12.1 Å². The Balaban J connectivity index is 1.25. The van der Waals surface area contributed by atoms with Crippen molar-refractivity contribution in [3.8, 4) is 143 Å². The number of esters is 5. The van der Waals surface area contributed by atoms with Crippen molar-refractivity contribution >= 4 is 29.8 Å². The highest BCUT2D eigenvalue weighted by atomic mass is 16.6. The van der Waals surface area contributed by atoms with Gasteiger partial charge in [0.25, 0.3) is 0 Å². The summed E-state index contributed by atoms with van der Waals surface area (Å²) in [5.41, 5.74) is -13.9. The topological polar surface area (TPSA) is 566 Å². The zero-order valence-corrected chi connectivity index (χ0v) is 43.5. The van der Waals surface area contributed by atoms with Crippen LogP contribution < -0.4 is 4.74 Å². The van der Waals surface area contributed by atoms with Crippen molar-refractivity contribution in [1.82, 2.24) is 0 Å². The highest BCUT2D eigenvalue weighted by Gasteiger charge is 2.57. The fraction of sp³-hybridized carbons (Fsp3) is 0.161. The van der Waals surface area contributed by atoms with Gasteiger partial charge >= 0.3 is 29.8 Å². The van der Waals surface area contributed by atoms with Gasteiger partial charge in [0.15, 0.2) is 111 Å². The van der Waals surface area contributed by atoms with E-state index in [1.807, 2.05) is 0 Å². The number of cyclic esters (lactones) is 3. The Morgan fingerprint density at radius 1 is 0.398 bits per heavy atom. The van der Waals surface area contributed by atoms with Crippen LogP contribution in [0.2, 0.25) is 0 Å². The molecule has 4 aliphatic rings. The van der Waals surface area contributed by atoms with Crippen LogP contribution in [0.5, 0.6) is 121 Å². The second-order valence-corrected chi connectivity index (χ2v) is 20.1. The summed E-state index contributed by atoms with van der Waals surface area (Å²) in [6, 6.07) is 4.02. The predicted octanol–water partition coefficient (Wildman–Crippen LogP) is 3.00. The first-order valence-corrected chi connectivity index (χ1v) is 25.0. The maximum atomic E-state index is 15.3. The summed E-state index contributed by atoms with van der Waals surface area (Å²) in [6.45, 7) is -1.65. The number of carbonyl (C=O) groups is 5. The number of aromatic hydroxyl groups is 20. The molecule has 0 saturated carbocycles. The summed E-state index contributed by atoms with van der Waals surface area (Å²) in [4.78, 5) is 74.8. The fourth-order valence-corrected chi connectivity index (χ4v) is 11.0. The molecule has 32 nitrogen and oxygen atoms in total. The van der Waals surface area contributed by atoms with E-state index in [9.17, 15) is 117 Å². The van der Waals surface area contributed by atoms with Gasteiger partial charge in [-0.1, -0.05) is 0 Å². The van der Waals surface area contributed by atoms with E-state index in [4.69, 9.17) is 28.4 Å². The molecule has 7 aromatic carbocycles. The van der Waals surface area contributed by atoms with Gasteiger partial charge in [-0.05, 0) is 42.5 Å². The summed E-state index contributed by atoms with van der Waals surface area (Å²) in [6.07, 6.45) is -16.2. The summed E-state index contributed by atoms with van der Waals surface area (Å²) in [5, 5.41) is 233. The van der Waals surface area contributed by atoms with Gasteiger partial charge < -0.3 is 136 Å². The standard InChI is InChI=1S/C56H40O32/c57-17-9-18(58)31(48-13(17)5-26(66)47(85-48)11-1-19(59)36(67)20(60)2-11)34-33-35-32(44(75)46(77)45(33)76)30-16(8-25(65)40(71)43(30)74)55(81)88-51(50(34)87-56(35)82)49-27(84-52(78)12-3-21(61)37(68)22(62)4-12)10-83-53(79)14-6-23(63)38(69)41(72)28(14)29-15(54(80)86-49)7-24(64)39(70)42(29)73/h1-4,6-9,26-27,34,47,49-51,57-77H,5,10H2/t26-,27-,34-,47-,49+,50-,51-/m0/s1. The molecule has 7 aromatic rings. The lowest BCUT2D eigenvalue weighted by Gasteiger charge is -2.43. The maximum Gasteiger partial charge on any atom is 0.339 e. The van der Waals surface area contributed by atoms with E-state index < -0.39 is 273 Å². The molecule has 0 spiro atoms. The second-order valence-electron chi connectivity index (χ2n) is 20.1. The first kappa shape index (κ1) is 57.5. The van der Waals surface area contributed by atoms with Gasteiger partial charge in [-0.15, -0.1) is 0 Å².